The molecule has 0 atom stereocenters. The van der Waals surface area contributed by atoms with Crippen molar-refractivity contribution in [3.8, 4) is 5.75 Å². The Hall–Kier alpha value is -0.630. The van der Waals surface area contributed by atoms with E-state index in [4.69, 9.17) is 4.74 Å². The summed E-state index contributed by atoms with van der Waals surface area (Å²) in [5.74, 6) is 2.57. The first-order chi connectivity index (χ1) is 7.88. The van der Waals surface area contributed by atoms with Crippen LogP contribution in [0.25, 0.3) is 0 Å². The van der Waals surface area contributed by atoms with E-state index in [0.717, 1.165) is 24.0 Å². The first-order valence-electron chi connectivity index (χ1n) is 6.21. The van der Waals surface area contributed by atoms with E-state index in [2.05, 4.69) is 24.8 Å². The lowest BCUT2D eigenvalue weighted by molar-refractivity contribution is 0.209. The Bertz CT molecular complexity index is 301. The van der Waals surface area contributed by atoms with Gasteiger partial charge in [-0.15, -0.1) is 0 Å². The van der Waals surface area contributed by atoms with Crippen molar-refractivity contribution in [1.82, 2.24) is 0 Å². The lowest BCUT2D eigenvalue weighted by Crippen LogP contribution is -2.15. The summed E-state index contributed by atoms with van der Waals surface area (Å²) in [7, 11) is 0. The number of rotatable bonds is 4. The van der Waals surface area contributed by atoms with Crippen LogP contribution in [-0.2, 0) is 5.75 Å². The molecule has 2 heteroatoms. The zero-order valence-corrected chi connectivity index (χ0v) is 10.6. The van der Waals surface area contributed by atoms with Gasteiger partial charge >= 0.3 is 0 Å². The molecule has 1 aliphatic rings. The minimum absolute atomic E-state index is 0.776. The van der Waals surface area contributed by atoms with Gasteiger partial charge in [-0.3, -0.25) is 0 Å². The first kappa shape index (κ1) is 11.8. The molecule has 1 aromatic rings. The van der Waals surface area contributed by atoms with E-state index >= 15 is 0 Å². The van der Waals surface area contributed by atoms with Crippen LogP contribution in [0.4, 0.5) is 0 Å². The van der Waals surface area contributed by atoms with Crippen molar-refractivity contribution in [2.75, 3.05) is 6.61 Å². The van der Waals surface area contributed by atoms with Gasteiger partial charge in [0.15, 0.2) is 0 Å². The summed E-state index contributed by atoms with van der Waals surface area (Å²) >= 11 is 4.24. The lowest BCUT2D eigenvalue weighted by Gasteiger charge is -2.21. The summed E-state index contributed by atoms with van der Waals surface area (Å²) in [6.45, 7) is 0.889. The average Bonchev–Trinajstić information content (AvgIpc) is 2.38. The summed E-state index contributed by atoms with van der Waals surface area (Å²) < 4.78 is 5.82. The summed E-state index contributed by atoms with van der Waals surface area (Å²) in [4.78, 5) is 0. The number of ether oxygens (including phenoxy) is 1. The predicted octanol–water partition coefficient (Wildman–Crippen LogP) is 4.08. The van der Waals surface area contributed by atoms with Gasteiger partial charge in [0.25, 0.3) is 0 Å². The van der Waals surface area contributed by atoms with Crippen molar-refractivity contribution < 1.29 is 4.74 Å². The van der Waals surface area contributed by atoms with Crippen LogP contribution >= 0.6 is 12.6 Å². The van der Waals surface area contributed by atoms with Crippen LogP contribution in [-0.4, -0.2) is 6.61 Å². The Labute approximate surface area is 104 Å². The average molecular weight is 236 g/mol. The molecule has 0 radical (unpaired) electrons. The molecule has 1 fully saturated rings. The minimum Gasteiger partial charge on any atom is -0.493 e. The Balaban J connectivity index is 1.79. The smallest absolute Gasteiger partial charge is 0.119 e. The van der Waals surface area contributed by atoms with E-state index in [-0.39, 0.29) is 0 Å². The highest BCUT2D eigenvalue weighted by atomic mass is 32.1. The maximum absolute atomic E-state index is 5.82. The van der Waals surface area contributed by atoms with Crippen LogP contribution in [0, 0.1) is 5.92 Å². The Morgan fingerprint density at radius 1 is 1.06 bits per heavy atom. The standard InChI is InChI=1S/C14H20OS/c16-11-13-6-8-14(9-7-13)15-10-12-4-2-1-3-5-12/h6-9,12,16H,1-5,10-11H2. The van der Waals surface area contributed by atoms with E-state index in [9.17, 15) is 0 Å². The molecule has 2 rings (SSSR count). The van der Waals surface area contributed by atoms with Crippen molar-refractivity contribution in [2.24, 2.45) is 5.92 Å². The highest BCUT2D eigenvalue weighted by molar-refractivity contribution is 7.79. The molecule has 1 aliphatic carbocycles. The van der Waals surface area contributed by atoms with Crippen molar-refractivity contribution in [3.05, 3.63) is 29.8 Å². The maximum atomic E-state index is 5.82. The fraction of sp³-hybridized carbons (Fsp3) is 0.571. The second-order valence-corrected chi connectivity index (χ2v) is 4.93. The van der Waals surface area contributed by atoms with Crippen LogP contribution in [0.1, 0.15) is 37.7 Å². The Morgan fingerprint density at radius 2 is 1.75 bits per heavy atom. The summed E-state index contributed by atoms with van der Waals surface area (Å²) in [5, 5.41) is 0. The zero-order chi connectivity index (χ0) is 11.2. The summed E-state index contributed by atoms with van der Waals surface area (Å²) in [5.41, 5.74) is 1.24. The first-order valence-corrected chi connectivity index (χ1v) is 6.84. The predicted molar refractivity (Wildman–Crippen MR) is 71.2 cm³/mol. The van der Waals surface area contributed by atoms with Crippen molar-refractivity contribution in [2.45, 2.75) is 37.9 Å². The topological polar surface area (TPSA) is 9.23 Å². The molecular formula is C14H20OS. The Morgan fingerprint density at radius 3 is 2.38 bits per heavy atom. The van der Waals surface area contributed by atoms with Gasteiger partial charge in [-0.05, 0) is 36.5 Å². The number of benzene rings is 1. The van der Waals surface area contributed by atoms with Gasteiger partial charge in [-0.2, -0.15) is 12.6 Å². The molecule has 0 N–H and O–H groups in total. The van der Waals surface area contributed by atoms with E-state index in [1.165, 1.54) is 37.7 Å². The van der Waals surface area contributed by atoms with Gasteiger partial charge in [0, 0.05) is 5.75 Å². The molecule has 0 unspecified atom stereocenters. The fourth-order valence-electron chi connectivity index (χ4n) is 2.26. The SMILES string of the molecule is SCc1ccc(OCC2CCCCC2)cc1. The molecule has 0 heterocycles. The van der Waals surface area contributed by atoms with Gasteiger partial charge < -0.3 is 4.74 Å². The van der Waals surface area contributed by atoms with Crippen molar-refractivity contribution in [3.63, 3.8) is 0 Å². The molecule has 1 nitrogen and oxygen atoms in total. The third-order valence-corrected chi connectivity index (χ3v) is 3.68. The zero-order valence-electron chi connectivity index (χ0n) is 9.69. The molecule has 88 valence electrons. The van der Waals surface area contributed by atoms with E-state index < -0.39 is 0 Å². The van der Waals surface area contributed by atoms with E-state index in [1.807, 2.05) is 12.1 Å². The molecule has 0 aromatic heterocycles. The molecular weight excluding hydrogens is 216 g/mol. The van der Waals surface area contributed by atoms with Gasteiger partial charge in [0.2, 0.25) is 0 Å². The van der Waals surface area contributed by atoms with Gasteiger partial charge in [-0.1, -0.05) is 31.4 Å². The summed E-state index contributed by atoms with van der Waals surface area (Å²) in [6.07, 6.45) is 6.86. The second-order valence-electron chi connectivity index (χ2n) is 4.62. The maximum Gasteiger partial charge on any atom is 0.119 e. The van der Waals surface area contributed by atoms with Crippen molar-refractivity contribution >= 4 is 12.6 Å². The van der Waals surface area contributed by atoms with Crippen LogP contribution in [0.2, 0.25) is 0 Å². The second kappa shape index (κ2) is 6.19. The van der Waals surface area contributed by atoms with Crippen LogP contribution < -0.4 is 4.74 Å². The van der Waals surface area contributed by atoms with Crippen molar-refractivity contribution in [1.29, 1.82) is 0 Å². The number of hydrogen-bond acceptors (Lipinski definition) is 2. The summed E-state index contributed by atoms with van der Waals surface area (Å²) in [6, 6.07) is 8.27. The molecule has 1 saturated carbocycles. The Kier molecular flexibility index (Phi) is 4.58. The van der Waals surface area contributed by atoms with Crippen LogP contribution in [0.5, 0.6) is 5.75 Å². The fourth-order valence-corrected chi connectivity index (χ4v) is 2.47. The molecule has 0 spiro atoms. The third kappa shape index (κ3) is 3.44. The quantitative estimate of drug-likeness (QED) is 0.775. The molecule has 1 aromatic carbocycles. The molecule has 0 saturated heterocycles. The third-order valence-electron chi connectivity index (χ3n) is 3.32. The van der Waals surface area contributed by atoms with Gasteiger partial charge in [0.1, 0.15) is 5.75 Å². The number of thiol groups is 1. The largest absolute Gasteiger partial charge is 0.493 e. The van der Waals surface area contributed by atoms with E-state index in [1.54, 1.807) is 0 Å². The highest BCUT2D eigenvalue weighted by Gasteiger charge is 2.13. The van der Waals surface area contributed by atoms with Crippen LogP contribution in [0.15, 0.2) is 24.3 Å². The molecule has 16 heavy (non-hydrogen) atoms. The number of hydrogen-bond donors (Lipinski definition) is 1. The molecule has 0 bridgehead atoms. The normalized spacial score (nSPS) is 17.3. The highest BCUT2D eigenvalue weighted by Crippen LogP contribution is 2.24. The lowest BCUT2D eigenvalue weighted by atomic mass is 9.90. The van der Waals surface area contributed by atoms with E-state index in [0.29, 0.717) is 0 Å². The van der Waals surface area contributed by atoms with Gasteiger partial charge in [-0.25, -0.2) is 0 Å². The molecule has 0 aliphatic heterocycles. The molecule has 0 amide bonds. The minimum atomic E-state index is 0.776. The monoisotopic (exact) mass is 236 g/mol. The van der Waals surface area contributed by atoms with Gasteiger partial charge in [0.05, 0.1) is 6.61 Å². The van der Waals surface area contributed by atoms with Crippen LogP contribution in [0.3, 0.4) is 0 Å².